The molecule has 0 bridgehead atoms. The predicted octanol–water partition coefficient (Wildman–Crippen LogP) is 4.47. The van der Waals surface area contributed by atoms with Crippen molar-refractivity contribution in [2.24, 2.45) is 0 Å². The highest BCUT2D eigenvalue weighted by molar-refractivity contribution is 5.66. The first-order valence-electron chi connectivity index (χ1n) is 7.80. The monoisotopic (exact) mass is 267 g/mol. The van der Waals surface area contributed by atoms with Crippen LogP contribution in [0.25, 0.3) is 11.1 Å². The van der Waals surface area contributed by atoms with Gasteiger partial charge in [0, 0.05) is 11.6 Å². The van der Waals surface area contributed by atoms with E-state index in [0.717, 1.165) is 18.2 Å². The van der Waals surface area contributed by atoms with Gasteiger partial charge in [-0.3, -0.25) is 0 Å². The van der Waals surface area contributed by atoms with E-state index in [4.69, 9.17) is 4.42 Å². The van der Waals surface area contributed by atoms with Crippen LogP contribution in [0.15, 0.2) is 41.0 Å². The average Bonchev–Trinajstić information content (AvgIpc) is 3.12. The summed E-state index contributed by atoms with van der Waals surface area (Å²) >= 11 is 0. The molecular weight excluding hydrogens is 246 g/mol. The van der Waals surface area contributed by atoms with Crippen LogP contribution >= 0.6 is 0 Å². The molecule has 2 aliphatic carbocycles. The van der Waals surface area contributed by atoms with Gasteiger partial charge in [-0.2, -0.15) is 0 Å². The van der Waals surface area contributed by atoms with Gasteiger partial charge in [0.1, 0.15) is 5.76 Å². The Kier molecular flexibility index (Phi) is 3.12. The van der Waals surface area contributed by atoms with Crippen LogP contribution in [0.5, 0.6) is 0 Å². The lowest BCUT2D eigenvalue weighted by Crippen LogP contribution is -2.15. The largest absolute Gasteiger partial charge is 0.467 e. The van der Waals surface area contributed by atoms with Gasteiger partial charge in [-0.25, -0.2) is 0 Å². The second-order valence-corrected chi connectivity index (χ2v) is 6.17. The number of rotatable bonds is 5. The van der Waals surface area contributed by atoms with E-state index >= 15 is 0 Å². The second-order valence-electron chi connectivity index (χ2n) is 6.17. The fraction of sp³-hybridized carbons (Fsp3) is 0.444. The van der Waals surface area contributed by atoms with Gasteiger partial charge in [-0.1, -0.05) is 30.7 Å². The predicted molar refractivity (Wildman–Crippen MR) is 80.6 cm³/mol. The fourth-order valence-corrected chi connectivity index (χ4v) is 2.96. The molecule has 0 radical (unpaired) electrons. The van der Waals surface area contributed by atoms with Crippen molar-refractivity contribution >= 4 is 0 Å². The van der Waals surface area contributed by atoms with Crippen LogP contribution in [0.1, 0.15) is 49.3 Å². The maximum atomic E-state index is 5.68. The molecule has 1 N–H and O–H groups in total. The van der Waals surface area contributed by atoms with Crippen LogP contribution in [-0.4, -0.2) is 6.04 Å². The maximum Gasteiger partial charge on any atom is 0.125 e. The van der Waals surface area contributed by atoms with Gasteiger partial charge in [0.05, 0.1) is 12.8 Å². The zero-order chi connectivity index (χ0) is 13.4. The van der Waals surface area contributed by atoms with E-state index < -0.39 is 0 Å². The molecule has 2 aliphatic rings. The smallest absolute Gasteiger partial charge is 0.125 e. The third kappa shape index (κ3) is 2.40. The Morgan fingerprint density at radius 3 is 2.75 bits per heavy atom. The number of furan rings is 1. The van der Waals surface area contributed by atoms with Crippen molar-refractivity contribution in [2.45, 2.75) is 50.6 Å². The summed E-state index contributed by atoms with van der Waals surface area (Å²) in [7, 11) is 0. The van der Waals surface area contributed by atoms with Crippen molar-refractivity contribution in [3.8, 4) is 11.1 Å². The van der Waals surface area contributed by atoms with Gasteiger partial charge in [0.2, 0.25) is 0 Å². The van der Waals surface area contributed by atoms with Crippen molar-refractivity contribution in [2.75, 3.05) is 0 Å². The van der Waals surface area contributed by atoms with Gasteiger partial charge in [-0.15, -0.1) is 0 Å². The lowest BCUT2D eigenvalue weighted by Gasteiger charge is -2.26. The minimum absolute atomic E-state index is 0.717. The highest BCUT2D eigenvalue weighted by Gasteiger charge is 2.22. The van der Waals surface area contributed by atoms with Crippen molar-refractivity contribution < 1.29 is 4.42 Å². The molecule has 0 spiro atoms. The van der Waals surface area contributed by atoms with Crippen LogP contribution in [-0.2, 0) is 6.54 Å². The normalized spacial score (nSPS) is 19.0. The number of benzene rings is 1. The molecule has 4 rings (SSSR count). The first kappa shape index (κ1) is 12.2. The third-order valence-corrected chi connectivity index (χ3v) is 4.65. The Morgan fingerprint density at radius 1 is 1.10 bits per heavy atom. The SMILES string of the molecule is c1cc(-c2ccoc2CNC2CC2)cc(C2CCC2)c1. The topological polar surface area (TPSA) is 25.2 Å². The standard InChI is InChI=1S/C18H21NO/c1-3-13(4-1)14-5-2-6-15(11-14)17-9-10-20-18(17)12-19-16-7-8-16/h2,5-6,9-11,13,16,19H,1,3-4,7-8,12H2. The summed E-state index contributed by atoms with van der Waals surface area (Å²) in [6.07, 6.45) is 8.53. The van der Waals surface area contributed by atoms with E-state index in [0.29, 0.717) is 6.04 Å². The molecular formula is C18H21NO. The number of nitrogens with one attached hydrogen (secondary N) is 1. The van der Waals surface area contributed by atoms with Crippen molar-refractivity contribution in [1.29, 1.82) is 0 Å². The lowest BCUT2D eigenvalue weighted by atomic mass is 9.79. The lowest BCUT2D eigenvalue weighted by molar-refractivity contribution is 0.420. The summed E-state index contributed by atoms with van der Waals surface area (Å²) in [5.74, 6) is 1.86. The number of hydrogen-bond donors (Lipinski definition) is 1. The molecule has 0 unspecified atom stereocenters. The minimum atomic E-state index is 0.717. The van der Waals surface area contributed by atoms with E-state index in [-0.39, 0.29) is 0 Å². The van der Waals surface area contributed by atoms with Gasteiger partial charge in [0.25, 0.3) is 0 Å². The van der Waals surface area contributed by atoms with Crippen molar-refractivity contribution in [3.63, 3.8) is 0 Å². The van der Waals surface area contributed by atoms with Gasteiger partial charge in [0.15, 0.2) is 0 Å². The first-order valence-corrected chi connectivity index (χ1v) is 7.80. The summed E-state index contributed by atoms with van der Waals surface area (Å²) in [4.78, 5) is 0. The summed E-state index contributed by atoms with van der Waals surface area (Å²) in [6, 6.07) is 11.8. The summed E-state index contributed by atoms with van der Waals surface area (Å²) in [6.45, 7) is 0.848. The summed E-state index contributed by atoms with van der Waals surface area (Å²) < 4.78 is 5.68. The minimum Gasteiger partial charge on any atom is -0.467 e. The van der Waals surface area contributed by atoms with Crippen LogP contribution in [0.2, 0.25) is 0 Å². The van der Waals surface area contributed by atoms with Crippen LogP contribution in [0, 0.1) is 0 Å². The molecule has 1 aromatic carbocycles. The molecule has 104 valence electrons. The Bertz CT molecular complexity index is 593. The zero-order valence-corrected chi connectivity index (χ0v) is 11.8. The van der Waals surface area contributed by atoms with E-state index in [1.54, 1.807) is 0 Å². The van der Waals surface area contributed by atoms with Gasteiger partial charge in [-0.05, 0) is 48.8 Å². The number of hydrogen-bond acceptors (Lipinski definition) is 2. The molecule has 2 fully saturated rings. The van der Waals surface area contributed by atoms with Gasteiger partial charge < -0.3 is 9.73 Å². The molecule has 2 nitrogen and oxygen atoms in total. The van der Waals surface area contributed by atoms with Gasteiger partial charge >= 0.3 is 0 Å². The zero-order valence-electron chi connectivity index (χ0n) is 11.8. The molecule has 0 aliphatic heterocycles. The highest BCUT2D eigenvalue weighted by Crippen LogP contribution is 2.38. The molecule has 1 aromatic heterocycles. The fourth-order valence-electron chi connectivity index (χ4n) is 2.96. The Labute approximate surface area is 120 Å². The molecule has 2 heteroatoms. The molecule has 1 heterocycles. The van der Waals surface area contributed by atoms with Crippen LogP contribution in [0.3, 0.4) is 0 Å². The molecule has 0 saturated heterocycles. The van der Waals surface area contributed by atoms with Crippen LogP contribution in [0.4, 0.5) is 0 Å². The summed E-state index contributed by atoms with van der Waals surface area (Å²) in [5.41, 5.74) is 4.05. The van der Waals surface area contributed by atoms with E-state index in [1.165, 1.54) is 48.8 Å². The first-order chi connectivity index (χ1) is 9.90. The second kappa shape index (κ2) is 5.10. The Balaban J connectivity index is 1.57. The van der Waals surface area contributed by atoms with Crippen LogP contribution < -0.4 is 5.32 Å². The van der Waals surface area contributed by atoms with Crippen molar-refractivity contribution in [1.82, 2.24) is 5.32 Å². The Morgan fingerprint density at radius 2 is 2.00 bits per heavy atom. The summed E-state index contributed by atoms with van der Waals surface area (Å²) in [5, 5.41) is 3.54. The third-order valence-electron chi connectivity index (χ3n) is 4.65. The molecule has 0 atom stereocenters. The highest BCUT2D eigenvalue weighted by atomic mass is 16.3. The molecule has 20 heavy (non-hydrogen) atoms. The van der Waals surface area contributed by atoms with E-state index in [1.807, 2.05) is 6.26 Å². The molecule has 2 saturated carbocycles. The molecule has 2 aromatic rings. The molecule has 0 amide bonds. The van der Waals surface area contributed by atoms with Crippen molar-refractivity contribution in [3.05, 3.63) is 47.9 Å². The Hall–Kier alpha value is -1.54. The van der Waals surface area contributed by atoms with E-state index in [2.05, 4.69) is 35.6 Å². The quantitative estimate of drug-likeness (QED) is 0.865. The maximum absolute atomic E-state index is 5.68. The average molecular weight is 267 g/mol. The van der Waals surface area contributed by atoms with E-state index in [9.17, 15) is 0 Å².